The van der Waals surface area contributed by atoms with E-state index in [2.05, 4.69) is 16.0 Å². The summed E-state index contributed by atoms with van der Waals surface area (Å²) >= 11 is 0. The third-order valence-electron chi connectivity index (χ3n) is 4.42. The minimum atomic E-state index is -0.905. The Morgan fingerprint density at radius 3 is 1.97 bits per heavy atom. The van der Waals surface area contributed by atoms with Gasteiger partial charge in [-0.3, -0.25) is 14.4 Å². The summed E-state index contributed by atoms with van der Waals surface area (Å²) in [6.07, 6.45) is 0. The lowest BCUT2D eigenvalue weighted by atomic mass is 10.2. The maximum absolute atomic E-state index is 13.5. The first-order valence-corrected chi connectivity index (χ1v) is 10.0. The average molecular weight is 453 g/mol. The lowest BCUT2D eigenvalue weighted by molar-refractivity contribution is -0.118. The fraction of sp³-hybridized carbons (Fsp3) is 0.125. The smallest absolute Gasteiger partial charge is 0.262 e. The summed E-state index contributed by atoms with van der Waals surface area (Å²) in [5.74, 6) is -3.00. The standard InChI is InChI=1S/C24H21F2N3O4/c25-18-8-11-21(20(26)14-18)33-15-22(30)29-19-9-6-17(7-10-19)24(32)28-13-12-27-23(31)16-4-2-1-3-5-16/h1-11,14H,12-13,15H2,(H,27,31)(H,28,32)(H,29,30). The fourth-order valence-electron chi connectivity index (χ4n) is 2.78. The second-order valence-electron chi connectivity index (χ2n) is 6.87. The van der Waals surface area contributed by atoms with Crippen molar-refractivity contribution in [3.63, 3.8) is 0 Å². The number of hydrogen-bond acceptors (Lipinski definition) is 4. The molecule has 9 heteroatoms. The molecule has 3 amide bonds. The first-order chi connectivity index (χ1) is 15.9. The van der Waals surface area contributed by atoms with Crippen molar-refractivity contribution >= 4 is 23.4 Å². The van der Waals surface area contributed by atoms with Gasteiger partial charge in [-0.1, -0.05) is 18.2 Å². The Morgan fingerprint density at radius 2 is 1.36 bits per heavy atom. The topological polar surface area (TPSA) is 96.5 Å². The third kappa shape index (κ3) is 7.13. The largest absolute Gasteiger partial charge is 0.481 e. The van der Waals surface area contributed by atoms with Gasteiger partial charge in [-0.2, -0.15) is 0 Å². The maximum Gasteiger partial charge on any atom is 0.262 e. The third-order valence-corrected chi connectivity index (χ3v) is 4.42. The van der Waals surface area contributed by atoms with Crippen molar-refractivity contribution in [1.82, 2.24) is 10.6 Å². The Labute approximate surface area is 188 Å². The minimum absolute atomic E-state index is 0.226. The molecule has 0 bridgehead atoms. The number of ether oxygens (including phenoxy) is 1. The molecule has 170 valence electrons. The van der Waals surface area contributed by atoms with Crippen LogP contribution >= 0.6 is 0 Å². The molecule has 0 radical (unpaired) electrons. The minimum Gasteiger partial charge on any atom is -0.481 e. The van der Waals surface area contributed by atoms with Crippen LogP contribution in [0.15, 0.2) is 72.8 Å². The summed E-state index contributed by atoms with van der Waals surface area (Å²) in [7, 11) is 0. The predicted molar refractivity (Wildman–Crippen MR) is 118 cm³/mol. The van der Waals surface area contributed by atoms with E-state index < -0.39 is 24.1 Å². The molecule has 0 saturated carbocycles. The van der Waals surface area contributed by atoms with Gasteiger partial charge in [-0.15, -0.1) is 0 Å². The van der Waals surface area contributed by atoms with Crippen LogP contribution in [0.4, 0.5) is 14.5 Å². The molecule has 0 aliphatic carbocycles. The van der Waals surface area contributed by atoms with Crippen molar-refractivity contribution in [2.75, 3.05) is 25.0 Å². The van der Waals surface area contributed by atoms with Gasteiger partial charge < -0.3 is 20.7 Å². The number of amides is 3. The molecule has 0 saturated heterocycles. The van der Waals surface area contributed by atoms with E-state index in [0.717, 1.165) is 12.1 Å². The number of carbonyl (C=O) groups excluding carboxylic acids is 3. The molecule has 0 fully saturated rings. The van der Waals surface area contributed by atoms with E-state index in [1.54, 1.807) is 24.3 Å². The van der Waals surface area contributed by atoms with Crippen LogP contribution in [0.3, 0.4) is 0 Å². The van der Waals surface area contributed by atoms with Gasteiger partial charge in [-0.25, -0.2) is 8.78 Å². The number of rotatable bonds is 9. The molecule has 0 aliphatic rings. The van der Waals surface area contributed by atoms with Gasteiger partial charge in [0.15, 0.2) is 18.2 Å². The van der Waals surface area contributed by atoms with Crippen LogP contribution in [-0.2, 0) is 4.79 Å². The molecule has 0 unspecified atom stereocenters. The van der Waals surface area contributed by atoms with E-state index in [-0.39, 0.29) is 30.7 Å². The lowest BCUT2D eigenvalue weighted by Crippen LogP contribution is -2.34. The van der Waals surface area contributed by atoms with Gasteiger partial charge in [0.25, 0.3) is 17.7 Å². The monoisotopic (exact) mass is 453 g/mol. The van der Waals surface area contributed by atoms with Crippen LogP contribution < -0.4 is 20.7 Å². The summed E-state index contributed by atoms with van der Waals surface area (Å²) in [6, 6.07) is 17.6. The zero-order valence-corrected chi connectivity index (χ0v) is 17.4. The van der Waals surface area contributed by atoms with Gasteiger partial charge in [0.2, 0.25) is 0 Å². The molecule has 0 aliphatic heterocycles. The first kappa shape index (κ1) is 23.4. The van der Waals surface area contributed by atoms with Crippen LogP contribution in [0.25, 0.3) is 0 Å². The molecule has 3 aromatic carbocycles. The van der Waals surface area contributed by atoms with Crippen LogP contribution in [0.2, 0.25) is 0 Å². The second-order valence-corrected chi connectivity index (χ2v) is 6.87. The summed E-state index contributed by atoms with van der Waals surface area (Å²) in [5, 5.41) is 7.95. The molecule has 0 aromatic heterocycles. The second kappa shape index (κ2) is 11.4. The van der Waals surface area contributed by atoms with Crippen LogP contribution in [0.1, 0.15) is 20.7 Å². The van der Waals surface area contributed by atoms with Crippen LogP contribution in [-0.4, -0.2) is 37.4 Å². The number of benzene rings is 3. The van der Waals surface area contributed by atoms with E-state index in [1.807, 2.05) is 6.07 Å². The molecular formula is C24H21F2N3O4. The van der Waals surface area contributed by atoms with Crippen molar-refractivity contribution in [3.05, 3.63) is 95.6 Å². The highest BCUT2D eigenvalue weighted by atomic mass is 19.1. The van der Waals surface area contributed by atoms with E-state index >= 15 is 0 Å². The number of hydrogen-bond donors (Lipinski definition) is 3. The maximum atomic E-state index is 13.5. The quantitative estimate of drug-likeness (QED) is 0.434. The Kier molecular flexibility index (Phi) is 8.07. The fourth-order valence-corrected chi connectivity index (χ4v) is 2.78. The van der Waals surface area contributed by atoms with Crippen molar-refractivity contribution in [1.29, 1.82) is 0 Å². The van der Waals surface area contributed by atoms with E-state index in [9.17, 15) is 23.2 Å². The molecular weight excluding hydrogens is 432 g/mol. The van der Waals surface area contributed by atoms with Crippen LogP contribution in [0.5, 0.6) is 5.75 Å². The summed E-state index contributed by atoms with van der Waals surface area (Å²) < 4.78 is 31.4. The van der Waals surface area contributed by atoms with Crippen LogP contribution in [0, 0.1) is 11.6 Å². The zero-order valence-electron chi connectivity index (χ0n) is 17.4. The van der Waals surface area contributed by atoms with E-state index in [0.29, 0.717) is 22.9 Å². The van der Waals surface area contributed by atoms with Gasteiger partial charge >= 0.3 is 0 Å². The molecule has 3 aromatic rings. The van der Waals surface area contributed by atoms with E-state index in [1.165, 1.54) is 24.3 Å². The van der Waals surface area contributed by atoms with Gasteiger partial charge in [0.1, 0.15) is 5.82 Å². The van der Waals surface area contributed by atoms with Crippen molar-refractivity contribution in [2.24, 2.45) is 0 Å². The highest BCUT2D eigenvalue weighted by Crippen LogP contribution is 2.17. The normalized spacial score (nSPS) is 10.2. The Morgan fingerprint density at radius 1 is 0.758 bits per heavy atom. The molecule has 0 spiro atoms. The van der Waals surface area contributed by atoms with Crippen molar-refractivity contribution < 1.29 is 27.9 Å². The van der Waals surface area contributed by atoms with Crippen molar-refractivity contribution in [3.8, 4) is 5.75 Å². The predicted octanol–water partition coefficient (Wildman–Crippen LogP) is 3.14. The SMILES string of the molecule is O=C(COc1ccc(F)cc1F)Nc1ccc(C(=O)NCCNC(=O)c2ccccc2)cc1. The molecule has 33 heavy (non-hydrogen) atoms. The summed E-state index contributed by atoms with van der Waals surface area (Å²) in [5.41, 5.74) is 1.32. The summed E-state index contributed by atoms with van der Waals surface area (Å²) in [4.78, 5) is 36.1. The Bertz CT molecular complexity index is 1120. The highest BCUT2D eigenvalue weighted by molar-refractivity contribution is 5.96. The number of anilines is 1. The molecule has 0 heterocycles. The molecule has 3 N–H and O–H groups in total. The summed E-state index contributed by atoms with van der Waals surface area (Å²) in [6.45, 7) is 0.0366. The number of nitrogens with one attached hydrogen (secondary N) is 3. The molecule has 0 atom stereocenters. The molecule has 7 nitrogen and oxygen atoms in total. The Balaban J connectivity index is 1.40. The number of carbonyl (C=O) groups is 3. The molecule has 3 rings (SSSR count). The first-order valence-electron chi connectivity index (χ1n) is 10.0. The van der Waals surface area contributed by atoms with Crippen molar-refractivity contribution in [2.45, 2.75) is 0 Å². The number of halogens is 2. The Hall–Kier alpha value is -4.27. The lowest BCUT2D eigenvalue weighted by Gasteiger charge is -2.10. The van der Waals surface area contributed by atoms with Gasteiger partial charge in [0.05, 0.1) is 0 Å². The van der Waals surface area contributed by atoms with E-state index in [4.69, 9.17) is 4.74 Å². The highest BCUT2D eigenvalue weighted by Gasteiger charge is 2.10. The average Bonchev–Trinajstić information content (AvgIpc) is 2.82. The van der Waals surface area contributed by atoms with Gasteiger partial charge in [0, 0.05) is 36.0 Å². The zero-order chi connectivity index (χ0) is 23.6. The van der Waals surface area contributed by atoms with Gasteiger partial charge in [-0.05, 0) is 48.5 Å².